The number of nitrogens with zero attached hydrogens (tertiary/aromatic N) is 3. The molecule has 0 spiro atoms. The molecule has 0 saturated heterocycles. The van der Waals surface area contributed by atoms with E-state index < -0.39 is 5.97 Å². The van der Waals surface area contributed by atoms with Gasteiger partial charge in [0.2, 0.25) is 0 Å². The summed E-state index contributed by atoms with van der Waals surface area (Å²) in [5.41, 5.74) is 3.83. The summed E-state index contributed by atoms with van der Waals surface area (Å²) in [6.45, 7) is 5.30. The molecule has 3 aromatic carbocycles. The Hall–Kier alpha value is -3.93. The van der Waals surface area contributed by atoms with Crippen LogP contribution in [0.4, 0.5) is 0 Å². The second-order valence-electron chi connectivity index (χ2n) is 9.22. The van der Waals surface area contributed by atoms with Gasteiger partial charge in [-0.1, -0.05) is 86.6 Å². The maximum Gasteiger partial charge on any atom is 0.346 e. The first-order valence-corrected chi connectivity index (χ1v) is 12.0. The van der Waals surface area contributed by atoms with Crippen LogP contribution >= 0.6 is 0 Å². The van der Waals surface area contributed by atoms with Gasteiger partial charge in [0.1, 0.15) is 5.82 Å². The summed E-state index contributed by atoms with van der Waals surface area (Å²) in [4.78, 5) is 24.9. The van der Waals surface area contributed by atoms with Crippen LogP contribution in [0.1, 0.15) is 47.6 Å². The molecule has 0 aliphatic carbocycles. The number of rotatable bonds is 10. The molecule has 0 radical (unpaired) electrons. The molecule has 0 amide bonds. The molecule has 0 bridgehead atoms. The van der Waals surface area contributed by atoms with Crippen molar-refractivity contribution in [3.63, 3.8) is 0 Å². The molecule has 0 aliphatic heterocycles. The van der Waals surface area contributed by atoms with Crippen LogP contribution < -0.4 is 5.69 Å². The fraction of sp³-hybridized carbons (Fsp3) is 0.276. The number of carboxylic acid groups (broad SMARTS) is 1. The second-order valence-corrected chi connectivity index (χ2v) is 9.22. The van der Waals surface area contributed by atoms with Crippen LogP contribution in [0, 0.1) is 5.92 Å². The summed E-state index contributed by atoms with van der Waals surface area (Å²) in [5, 5.41) is 14.2. The predicted molar refractivity (Wildman–Crippen MR) is 138 cm³/mol. The van der Waals surface area contributed by atoms with E-state index in [0.29, 0.717) is 24.6 Å². The van der Waals surface area contributed by atoms with Gasteiger partial charge in [0.15, 0.2) is 0 Å². The molecule has 4 rings (SSSR count). The van der Waals surface area contributed by atoms with Crippen molar-refractivity contribution in [1.82, 2.24) is 14.3 Å². The first kappa shape index (κ1) is 24.2. The predicted octanol–water partition coefficient (Wildman–Crippen LogP) is 5.29. The van der Waals surface area contributed by atoms with Crippen LogP contribution in [0.2, 0.25) is 0 Å². The maximum absolute atomic E-state index is 13.3. The first-order valence-electron chi connectivity index (χ1n) is 12.0. The molecule has 6 nitrogen and oxygen atoms in total. The van der Waals surface area contributed by atoms with Gasteiger partial charge < -0.3 is 5.11 Å². The van der Waals surface area contributed by atoms with Crippen molar-refractivity contribution < 1.29 is 9.90 Å². The van der Waals surface area contributed by atoms with Gasteiger partial charge in [-0.15, -0.1) is 0 Å². The Morgan fingerprint density at radius 1 is 0.886 bits per heavy atom. The highest BCUT2D eigenvalue weighted by Crippen LogP contribution is 2.24. The molecule has 1 heterocycles. The molecule has 180 valence electrons. The van der Waals surface area contributed by atoms with Crippen molar-refractivity contribution >= 4 is 5.97 Å². The monoisotopic (exact) mass is 469 g/mol. The lowest BCUT2D eigenvalue weighted by Gasteiger charge is -2.09. The zero-order chi connectivity index (χ0) is 24.8. The lowest BCUT2D eigenvalue weighted by molar-refractivity contribution is 0.0697. The molecule has 0 atom stereocenters. The Labute approximate surface area is 205 Å². The summed E-state index contributed by atoms with van der Waals surface area (Å²) in [6.07, 6.45) is 2.45. The molecule has 0 saturated carbocycles. The average Bonchev–Trinajstić information content (AvgIpc) is 3.16. The van der Waals surface area contributed by atoms with Crippen molar-refractivity contribution in [2.45, 2.75) is 46.2 Å². The molecular formula is C29H31N3O3. The molecule has 1 N–H and O–H groups in total. The van der Waals surface area contributed by atoms with E-state index in [4.69, 9.17) is 5.10 Å². The molecule has 0 fully saturated rings. The lowest BCUT2D eigenvalue weighted by atomic mass is 9.99. The van der Waals surface area contributed by atoms with Crippen LogP contribution in [-0.4, -0.2) is 25.4 Å². The highest BCUT2D eigenvalue weighted by molar-refractivity contribution is 5.95. The number of aromatic carboxylic acids is 1. The second kappa shape index (κ2) is 11.0. The Kier molecular flexibility index (Phi) is 7.60. The highest BCUT2D eigenvalue weighted by atomic mass is 16.4. The topological polar surface area (TPSA) is 77.1 Å². The van der Waals surface area contributed by atoms with Crippen LogP contribution in [0.25, 0.3) is 11.1 Å². The van der Waals surface area contributed by atoms with Crippen molar-refractivity contribution in [1.29, 1.82) is 0 Å². The van der Waals surface area contributed by atoms with E-state index in [1.165, 1.54) is 5.56 Å². The first-order chi connectivity index (χ1) is 16.9. The van der Waals surface area contributed by atoms with Gasteiger partial charge in [0, 0.05) is 6.42 Å². The summed E-state index contributed by atoms with van der Waals surface area (Å²) < 4.78 is 3.35. The van der Waals surface area contributed by atoms with Gasteiger partial charge in [-0.25, -0.2) is 14.3 Å². The minimum atomic E-state index is -0.950. The molecule has 0 unspecified atom stereocenters. The van der Waals surface area contributed by atoms with Crippen LogP contribution in [0.5, 0.6) is 0 Å². The van der Waals surface area contributed by atoms with Gasteiger partial charge in [-0.3, -0.25) is 4.57 Å². The lowest BCUT2D eigenvalue weighted by Crippen LogP contribution is -2.26. The Morgan fingerprint density at radius 3 is 2.26 bits per heavy atom. The highest BCUT2D eigenvalue weighted by Gasteiger charge is 2.15. The van der Waals surface area contributed by atoms with Gasteiger partial charge >= 0.3 is 11.7 Å². The van der Waals surface area contributed by atoms with Gasteiger partial charge in [0.25, 0.3) is 0 Å². The molecular weight excluding hydrogens is 438 g/mol. The van der Waals surface area contributed by atoms with E-state index in [0.717, 1.165) is 36.2 Å². The number of hydrogen-bond acceptors (Lipinski definition) is 3. The van der Waals surface area contributed by atoms with Crippen molar-refractivity contribution in [2.24, 2.45) is 5.92 Å². The van der Waals surface area contributed by atoms with E-state index in [1.54, 1.807) is 21.4 Å². The number of benzene rings is 3. The van der Waals surface area contributed by atoms with E-state index in [1.807, 2.05) is 54.6 Å². The summed E-state index contributed by atoms with van der Waals surface area (Å²) in [6, 6.07) is 24.8. The molecule has 6 heteroatoms. The summed E-state index contributed by atoms with van der Waals surface area (Å²) >= 11 is 0. The Bertz CT molecular complexity index is 1340. The van der Waals surface area contributed by atoms with Gasteiger partial charge in [0.05, 0.1) is 18.7 Å². The maximum atomic E-state index is 13.3. The summed E-state index contributed by atoms with van der Waals surface area (Å²) in [7, 11) is 0. The van der Waals surface area contributed by atoms with Gasteiger partial charge in [-0.05, 0) is 47.1 Å². The smallest absolute Gasteiger partial charge is 0.346 e. The van der Waals surface area contributed by atoms with E-state index in [9.17, 15) is 14.7 Å². The number of carboxylic acids is 1. The molecule has 1 aromatic heterocycles. The fourth-order valence-corrected chi connectivity index (χ4v) is 4.17. The van der Waals surface area contributed by atoms with Crippen LogP contribution in [0.15, 0.2) is 83.7 Å². The third-order valence-corrected chi connectivity index (χ3v) is 6.16. The third-order valence-electron chi connectivity index (χ3n) is 6.16. The third kappa shape index (κ3) is 5.96. The van der Waals surface area contributed by atoms with E-state index >= 15 is 0 Å². The number of aromatic nitrogens is 3. The normalized spacial score (nSPS) is 11.2. The van der Waals surface area contributed by atoms with Crippen molar-refractivity contribution in [3.8, 4) is 11.1 Å². The number of aryl methyl sites for hydroxylation is 3. The summed E-state index contributed by atoms with van der Waals surface area (Å²) in [5.74, 6) is 0.368. The van der Waals surface area contributed by atoms with Crippen LogP contribution in [0.3, 0.4) is 0 Å². The number of hydrogen-bond donors (Lipinski definition) is 1. The Morgan fingerprint density at radius 2 is 1.57 bits per heavy atom. The van der Waals surface area contributed by atoms with Crippen molar-refractivity contribution in [2.75, 3.05) is 0 Å². The van der Waals surface area contributed by atoms with Crippen molar-refractivity contribution in [3.05, 3.63) is 112 Å². The van der Waals surface area contributed by atoms with E-state index in [2.05, 4.69) is 26.0 Å². The van der Waals surface area contributed by atoms with Crippen LogP contribution in [-0.2, 0) is 25.9 Å². The minimum absolute atomic E-state index is 0.0972. The Balaban J connectivity index is 1.58. The zero-order valence-corrected chi connectivity index (χ0v) is 20.2. The van der Waals surface area contributed by atoms with Gasteiger partial charge in [-0.2, -0.15) is 5.10 Å². The largest absolute Gasteiger partial charge is 0.478 e. The average molecular weight is 470 g/mol. The number of carbonyl (C=O) groups is 1. The molecule has 35 heavy (non-hydrogen) atoms. The standard InChI is InChI=1S/C29H31N3O3/c1-21(2)12-17-27-30-32(19-18-22-8-4-3-5-9-22)29(35)31(27)20-23-13-15-24(16-14-23)25-10-6-7-11-26(25)28(33)34/h3-11,13-16,21H,12,17-20H2,1-2H3,(H,33,34). The van der Waals surface area contributed by atoms with E-state index in [-0.39, 0.29) is 11.3 Å². The fourth-order valence-electron chi connectivity index (χ4n) is 4.17. The molecule has 0 aliphatic rings. The quantitative estimate of drug-likeness (QED) is 0.342. The zero-order valence-electron chi connectivity index (χ0n) is 20.2. The minimum Gasteiger partial charge on any atom is -0.478 e. The molecule has 4 aromatic rings. The SMILES string of the molecule is CC(C)CCc1nn(CCc2ccccc2)c(=O)n1Cc1ccc(-c2ccccc2C(=O)O)cc1.